The van der Waals surface area contributed by atoms with Gasteiger partial charge in [-0.25, -0.2) is 4.79 Å². The molecular weight excluding hydrogens is 324 g/mol. The van der Waals surface area contributed by atoms with E-state index in [1.807, 2.05) is 36.5 Å². The van der Waals surface area contributed by atoms with Gasteiger partial charge in [0.05, 0.1) is 16.7 Å². The van der Waals surface area contributed by atoms with E-state index in [9.17, 15) is 4.79 Å². The summed E-state index contributed by atoms with van der Waals surface area (Å²) in [6.07, 6.45) is 3.57. The number of nitrogens with one attached hydrogen (secondary N) is 3. The monoisotopic (exact) mass is 338 g/mol. The zero-order valence-corrected chi connectivity index (χ0v) is 13.4. The van der Waals surface area contributed by atoms with Gasteiger partial charge in [0.2, 0.25) is 0 Å². The Labute approximate surface area is 141 Å². The molecule has 3 aromatic rings. The van der Waals surface area contributed by atoms with Crippen LogP contribution < -0.4 is 11.0 Å². The SMILES string of the molecule is O=c1[nH]c2ccc(C3=NN=C(NCc4cccnc4)SC3)cc2[nH]1. The molecule has 1 aliphatic heterocycles. The lowest BCUT2D eigenvalue weighted by Crippen LogP contribution is -2.24. The summed E-state index contributed by atoms with van der Waals surface area (Å²) >= 11 is 1.60. The summed E-state index contributed by atoms with van der Waals surface area (Å²) in [5.74, 6) is 0.721. The summed E-state index contributed by atoms with van der Waals surface area (Å²) < 4.78 is 0. The Bertz CT molecular complexity index is 988. The van der Waals surface area contributed by atoms with E-state index in [4.69, 9.17) is 0 Å². The fraction of sp³-hybridized carbons (Fsp3) is 0.125. The lowest BCUT2D eigenvalue weighted by atomic mass is 10.1. The van der Waals surface area contributed by atoms with Crippen LogP contribution in [0.1, 0.15) is 11.1 Å². The van der Waals surface area contributed by atoms with Crippen molar-refractivity contribution in [1.82, 2.24) is 20.3 Å². The average molecular weight is 338 g/mol. The smallest absolute Gasteiger partial charge is 0.323 e. The Morgan fingerprint density at radius 1 is 1.17 bits per heavy atom. The van der Waals surface area contributed by atoms with Crippen LogP contribution in [0.3, 0.4) is 0 Å². The van der Waals surface area contributed by atoms with Crippen LogP contribution >= 0.6 is 11.8 Å². The van der Waals surface area contributed by atoms with Crippen LogP contribution in [0, 0.1) is 0 Å². The summed E-state index contributed by atoms with van der Waals surface area (Å²) in [5, 5.41) is 12.6. The fourth-order valence-electron chi connectivity index (χ4n) is 2.42. The Balaban J connectivity index is 1.49. The molecule has 3 heterocycles. The van der Waals surface area contributed by atoms with Gasteiger partial charge in [-0.15, -0.1) is 5.10 Å². The third kappa shape index (κ3) is 3.09. The molecule has 0 radical (unpaired) electrons. The highest BCUT2D eigenvalue weighted by molar-refractivity contribution is 8.14. The van der Waals surface area contributed by atoms with Crippen LogP contribution in [-0.4, -0.2) is 31.6 Å². The molecule has 3 N–H and O–H groups in total. The quantitative estimate of drug-likeness (QED) is 0.679. The number of hydrogen-bond donors (Lipinski definition) is 3. The van der Waals surface area contributed by atoms with Gasteiger partial charge in [-0.2, -0.15) is 5.10 Å². The molecule has 120 valence electrons. The van der Waals surface area contributed by atoms with Crippen molar-refractivity contribution in [3.05, 3.63) is 64.3 Å². The number of rotatable bonds is 3. The number of pyridine rings is 1. The van der Waals surface area contributed by atoms with Gasteiger partial charge in [-0.05, 0) is 23.8 Å². The first-order valence-electron chi connectivity index (χ1n) is 7.40. The van der Waals surface area contributed by atoms with Gasteiger partial charge < -0.3 is 15.3 Å². The summed E-state index contributed by atoms with van der Waals surface area (Å²) in [6, 6.07) is 9.64. The van der Waals surface area contributed by atoms with E-state index in [0.717, 1.165) is 38.8 Å². The van der Waals surface area contributed by atoms with Gasteiger partial charge in [0.1, 0.15) is 0 Å². The summed E-state index contributed by atoms with van der Waals surface area (Å²) in [4.78, 5) is 20.9. The molecule has 0 atom stereocenters. The number of aromatic amines is 2. The van der Waals surface area contributed by atoms with Crippen molar-refractivity contribution in [1.29, 1.82) is 0 Å². The van der Waals surface area contributed by atoms with Crippen molar-refractivity contribution in [3.8, 4) is 0 Å². The predicted molar refractivity (Wildman–Crippen MR) is 96.4 cm³/mol. The second kappa shape index (κ2) is 6.32. The van der Waals surface area contributed by atoms with Crippen molar-refractivity contribution < 1.29 is 0 Å². The molecule has 7 nitrogen and oxygen atoms in total. The van der Waals surface area contributed by atoms with Crippen LogP contribution in [0.2, 0.25) is 0 Å². The molecule has 1 aromatic carbocycles. The molecule has 1 aliphatic rings. The second-order valence-corrected chi connectivity index (χ2v) is 6.26. The molecule has 24 heavy (non-hydrogen) atoms. The van der Waals surface area contributed by atoms with Crippen LogP contribution in [0.15, 0.2) is 57.7 Å². The Morgan fingerprint density at radius 3 is 2.88 bits per heavy atom. The minimum Gasteiger partial charge on any atom is -0.359 e. The minimum absolute atomic E-state index is 0.206. The van der Waals surface area contributed by atoms with Crippen LogP contribution in [0.25, 0.3) is 11.0 Å². The third-order valence-corrected chi connectivity index (χ3v) is 4.54. The van der Waals surface area contributed by atoms with Gasteiger partial charge in [-0.1, -0.05) is 23.9 Å². The lowest BCUT2D eigenvalue weighted by Gasteiger charge is -2.13. The molecule has 0 bridgehead atoms. The van der Waals surface area contributed by atoms with Gasteiger partial charge >= 0.3 is 5.69 Å². The molecule has 4 rings (SSSR count). The molecule has 0 aliphatic carbocycles. The zero-order valence-electron chi connectivity index (χ0n) is 12.6. The molecule has 2 aromatic heterocycles. The second-order valence-electron chi connectivity index (χ2n) is 5.29. The van der Waals surface area contributed by atoms with E-state index in [1.54, 1.807) is 18.0 Å². The largest absolute Gasteiger partial charge is 0.359 e. The van der Waals surface area contributed by atoms with E-state index in [2.05, 4.69) is 30.5 Å². The maximum Gasteiger partial charge on any atom is 0.323 e. The number of H-pyrrole nitrogens is 2. The number of thioether (sulfide) groups is 1. The normalized spacial score (nSPS) is 14.3. The lowest BCUT2D eigenvalue weighted by molar-refractivity contribution is 0.910. The molecule has 0 saturated carbocycles. The Hall–Kier alpha value is -2.87. The number of aromatic nitrogens is 3. The third-order valence-electron chi connectivity index (χ3n) is 3.62. The number of fused-ring (bicyclic) bond motifs is 1. The van der Waals surface area contributed by atoms with E-state index in [-0.39, 0.29) is 5.69 Å². The molecule has 0 spiro atoms. The highest BCUT2D eigenvalue weighted by Crippen LogP contribution is 2.17. The van der Waals surface area contributed by atoms with E-state index < -0.39 is 0 Å². The Morgan fingerprint density at radius 2 is 2.08 bits per heavy atom. The molecule has 0 saturated heterocycles. The molecule has 0 amide bonds. The van der Waals surface area contributed by atoms with Gasteiger partial charge in [0, 0.05) is 30.3 Å². The molecule has 0 fully saturated rings. The van der Waals surface area contributed by atoms with Crippen molar-refractivity contribution >= 4 is 33.7 Å². The summed E-state index contributed by atoms with van der Waals surface area (Å²) in [5.41, 5.74) is 4.29. The van der Waals surface area contributed by atoms with Gasteiger partial charge in [-0.3, -0.25) is 4.98 Å². The highest BCUT2D eigenvalue weighted by atomic mass is 32.2. The minimum atomic E-state index is -0.206. The van der Waals surface area contributed by atoms with Crippen LogP contribution in [0.4, 0.5) is 0 Å². The van der Waals surface area contributed by atoms with Crippen molar-refractivity contribution in [3.63, 3.8) is 0 Å². The van der Waals surface area contributed by atoms with Crippen molar-refractivity contribution in [2.24, 2.45) is 10.2 Å². The number of nitrogens with zero attached hydrogens (tertiary/aromatic N) is 3. The zero-order chi connectivity index (χ0) is 16.4. The van der Waals surface area contributed by atoms with E-state index in [0.29, 0.717) is 6.54 Å². The summed E-state index contributed by atoms with van der Waals surface area (Å²) in [7, 11) is 0. The first-order chi connectivity index (χ1) is 11.8. The molecule has 0 unspecified atom stereocenters. The van der Waals surface area contributed by atoms with Crippen LogP contribution in [-0.2, 0) is 6.54 Å². The van der Waals surface area contributed by atoms with E-state index in [1.165, 1.54) is 0 Å². The molecule has 8 heteroatoms. The number of imidazole rings is 1. The first-order valence-corrected chi connectivity index (χ1v) is 8.39. The maximum absolute atomic E-state index is 11.3. The summed E-state index contributed by atoms with van der Waals surface area (Å²) in [6.45, 7) is 0.668. The van der Waals surface area contributed by atoms with Gasteiger partial charge in [0.25, 0.3) is 0 Å². The Kier molecular flexibility index (Phi) is 3.87. The fourth-order valence-corrected chi connectivity index (χ4v) is 3.19. The number of hydrogen-bond acceptors (Lipinski definition) is 6. The van der Waals surface area contributed by atoms with Gasteiger partial charge in [0.15, 0.2) is 5.17 Å². The first kappa shape index (κ1) is 14.7. The van der Waals surface area contributed by atoms with Crippen molar-refractivity contribution in [2.75, 3.05) is 5.75 Å². The average Bonchev–Trinajstić information content (AvgIpc) is 3.00. The van der Waals surface area contributed by atoms with E-state index >= 15 is 0 Å². The molecular formula is C16H14N6OS. The standard InChI is InChI=1S/C16H14N6OS/c23-15-19-12-4-3-11(6-13(12)20-15)14-9-24-16(22-21-14)18-8-10-2-1-5-17-7-10/h1-7H,8-9H2,(H,18,22)(H2,19,20,23). The predicted octanol–water partition coefficient (Wildman–Crippen LogP) is 1.85. The number of benzene rings is 1. The topological polar surface area (TPSA) is 98.3 Å². The van der Waals surface area contributed by atoms with Crippen molar-refractivity contribution in [2.45, 2.75) is 6.54 Å². The highest BCUT2D eigenvalue weighted by Gasteiger charge is 2.13. The maximum atomic E-state index is 11.3. The van der Waals surface area contributed by atoms with Crippen LogP contribution in [0.5, 0.6) is 0 Å². The number of amidine groups is 1.